The van der Waals surface area contributed by atoms with Crippen LogP contribution in [-0.4, -0.2) is 44.6 Å². The fraction of sp³-hybridized carbons (Fsp3) is 0.562. The zero-order valence-electron chi connectivity index (χ0n) is 13.8. The van der Waals surface area contributed by atoms with Crippen LogP contribution < -0.4 is 10.1 Å². The van der Waals surface area contributed by atoms with E-state index >= 15 is 0 Å². The lowest BCUT2D eigenvalue weighted by molar-refractivity contribution is -0.120. The standard InChI is InChI=1S/C16H24N2O4S/c1-4-23(20,21)18-9-7-13(8-10-18)16(19)17-14-11-12(2)5-6-15(14)22-3/h5-6,11,13H,4,7-10H2,1-3H3,(H,17,19). The predicted octanol–water partition coefficient (Wildman–Crippen LogP) is 2.00. The van der Waals surface area contributed by atoms with Crippen LogP contribution in [0.4, 0.5) is 5.69 Å². The molecule has 1 N–H and O–H groups in total. The third-order valence-corrected chi connectivity index (χ3v) is 6.08. The number of amides is 1. The van der Waals surface area contributed by atoms with E-state index in [1.807, 2.05) is 25.1 Å². The van der Waals surface area contributed by atoms with Crippen molar-refractivity contribution >= 4 is 21.6 Å². The molecule has 0 bridgehead atoms. The lowest BCUT2D eigenvalue weighted by Crippen LogP contribution is -2.42. The number of methoxy groups -OCH3 is 1. The van der Waals surface area contributed by atoms with E-state index in [1.54, 1.807) is 14.0 Å². The highest BCUT2D eigenvalue weighted by atomic mass is 32.2. The smallest absolute Gasteiger partial charge is 0.227 e. The number of carbonyl (C=O) groups is 1. The first-order valence-electron chi connectivity index (χ1n) is 7.80. The minimum Gasteiger partial charge on any atom is -0.495 e. The number of hydrogen-bond acceptors (Lipinski definition) is 4. The maximum absolute atomic E-state index is 12.4. The van der Waals surface area contributed by atoms with Crippen LogP contribution in [0.2, 0.25) is 0 Å². The third-order valence-electron chi connectivity index (χ3n) is 4.20. The molecule has 0 atom stereocenters. The van der Waals surface area contributed by atoms with E-state index in [0.717, 1.165) is 5.56 Å². The summed E-state index contributed by atoms with van der Waals surface area (Å²) in [7, 11) is -1.60. The van der Waals surface area contributed by atoms with Crippen LogP contribution in [0.15, 0.2) is 18.2 Å². The monoisotopic (exact) mass is 340 g/mol. The molecule has 0 radical (unpaired) electrons. The van der Waals surface area contributed by atoms with Gasteiger partial charge in [0, 0.05) is 19.0 Å². The summed E-state index contributed by atoms with van der Waals surface area (Å²) < 4.78 is 30.4. The molecular weight excluding hydrogens is 316 g/mol. The zero-order chi connectivity index (χ0) is 17.0. The second-order valence-corrected chi connectivity index (χ2v) is 8.02. The number of hydrogen-bond donors (Lipinski definition) is 1. The summed E-state index contributed by atoms with van der Waals surface area (Å²) >= 11 is 0. The van der Waals surface area contributed by atoms with Crippen molar-refractivity contribution in [2.24, 2.45) is 5.92 Å². The summed E-state index contributed by atoms with van der Waals surface area (Å²) in [5.74, 6) is 0.464. The van der Waals surface area contributed by atoms with Gasteiger partial charge >= 0.3 is 0 Å². The highest BCUT2D eigenvalue weighted by molar-refractivity contribution is 7.89. The summed E-state index contributed by atoms with van der Waals surface area (Å²) in [4.78, 5) is 12.4. The Morgan fingerprint density at radius 2 is 2.00 bits per heavy atom. The summed E-state index contributed by atoms with van der Waals surface area (Å²) in [5, 5.41) is 2.91. The van der Waals surface area contributed by atoms with E-state index in [4.69, 9.17) is 4.74 Å². The third kappa shape index (κ3) is 4.23. The second-order valence-electron chi connectivity index (χ2n) is 5.77. The molecule has 1 saturated heterocycles. The van der Waals surface area contributed by atoms with Crippen LogP contribution in [0, 0.1) is 12.8 Å². The number of carbonyl (C=O) groups excluding carboxylic acids is 1. The van der Waals surface area contributed by atoms with Crippen molar-refractivity contribution in [2.45, 2.75) is 26.7 Å². The SMILES string of the molecule is CCS(=O)(=O)N1CCC(C(=O)Nc2cc(C)ccc2OC)CC1. The second kappa shape index (κ2) is 7.31. The molecule has 1 aromatic rings. The fourth-order valence-corrected chi connectivity index (χ4v) is 3.87. The number of piperidine rings is 1. The first-order valence-corrected chi connectivity index (χ1v) is 9.41. The van der Waals surface area contributed by atoms with Gasteiger partial charge in [0.1, 0.15) is 5.75 Å². The first-order chi connectivity index (χ1) is 10.9. The number of benzene rings is 1. The summed E-state index contributed by atoms with van der Waals surface area (Å²) in [6.45, 7) is 4.39. The molecule has 1 aromatic carbocycles. The van der Waals surface area contributed by atoms with Crippen molar-refractivity contribution in [2.75, 3.05) is 31.3 Å². The molecular formula is C16H24N2O4S. The van der Waals surface area contributed by atoms with Crippen LogP contribution >= 0.6 is 0 Å². The van der Waals surface area contributed by atoms with Gasteiger partial charge < -0.3 is 10.1 Å². The van der Waals surface area contributed by atoms with Crippen LogP contribution in [-0.2, 0) is 14.8 Å². The Kier molecular flexibility index (Phi) is 5.64. The molecule has 0 aromatic heterocycles. The zero-order valence-corrected chi connectivity index (χ0v) is 14.6. The van der Waals surface area contributed by atoms with Gasteiger partial charge in [-0.15, -0.1) is 0 Å². The molecule has 7 heteroatoms. The van der Waals surface area contributed by atoms with Gasteiger partial charge in [0.15, 0.2) is 0 Å². The van der Waals surface area contributed by atoms with Gasteiger partial charge in [-0.1, -0.05) is 6.07 Å². The van der Waals surface area contributed by atoms with Crippen LogP contribution in [0.5, 0.6) is 5.75 Å². The largest absolute Gasteiger partial charge is 0.495 e. The van der Waals surface area contributed by atoms with Gasteiger partial charge in [0.25, 0.3) is 0 Å². The van der Waals surface area contributed by atoms with E-state index in [1.165, 1.54) is 4.31 Å². The Bertz CT molecular complexity index is 665. The van der Waals surface area contributed by atoms with Gasteiger partial charge in [-0.2, -0.15) is 0 Å². The summed E-state index contributed by atoms with van der Waals surface area (Å²) in [6, 6.07) is 5.61. The molecule has 1 aliphatic rings. The highest BCUT2D eigenvalue weighted by Crippen LogP contribution is 2.27. The van der Waals surface area contributed by atoms with Gasteiger partial charge in [-0.25, -0.2) is 12.7 Å². The Hall–Kier alpha value is -1.60. The fourth-order valence-electron chi connectivity index (χ4n) is 2.73. The molecule has 1 heterocycles. The molecule has 1 aliphatic heterocycles. The number of anilines is 1. The van der Waals surface area contributed by atoms with E-state index in [0.29, 0.717) is 37.4 Å². The highest BCUT2D eigenvalue weighted by Gasteiger charge is 2.30. The molecule has 2 rings (SSSR count). The maximum atomic E-state index is 12.4. The number of rotatable bonds is 5. The Labute approximate surface area is 137 Å². The molecule has 0 aliphatic carbocycles. The lowest BCUT2D eigenvalue weighted by atomic mass is 9.97. The molecule has 0 spiro atoms. The van der Waals surface area contributed by atoms with Crippen LogP contribution in [0.3, 0.4) is 0 Å². The van der Waals surface area contributed by atoms with Gasteiger partial charge in [0.05, 0.1) is 18.6 Å². The molecule has 0 unspecified atom stereocenters. The van der Waals surface area contributed by atoms with Gasteiger partial charge in [-0.3, -0.25) is 4.79 Å². The molecule has 23 heavy (non-hydrogen) atoms. The molecule has 6 nitrogen and oxygen atoms in total. The lowest BCUT2D eigenvalue weighted by Gasteiger charge is -2.30. The van der Waals surface area contributed by atoms with Gasteiger partial charge in [-0.05, 0) is 44.4 Å². The minimum atomic E-state index is -3.16. The number of nitrogens with zero attached hydrogens (tertiary/aromatic N) is 1. The predicted molar refractivity (Wildman–Crippen MR) is 90.1 cm³/mol. The molecule has 1 amide bonds. The van der Waals surface area contributed by atoms with Crippen molar-refractivity contribution in [1.29, 1.82) is 0 Å². The van der Waals surface area contributed by atoms with Crippen molar-refractivity contribution in [3.63, 3.8) is 0 Å². The number of aryl methyl sites for hydroxylation is 1. The van der Waals surface area contributed by atoms with Crippen molar-refractivity contribution in [3.8, 4) is 5.75 Å². The number of nitrogens with one attached hydrogen (secondary N) is 1. The maximum Gasteiger partial charge on any atom is 0.227 e. The topological polar surface area (TPSA) is 75.7 Å². The van der Waals surface area contributed by atoms with Crippen molar-refractivity contribution < 1.29 is 17.9 Å². The van der Waals surface area contributed by atoms with Crippen molar-refractivity contribution in [3.05, 3.63) is 23.8 Å². The van der Waals surface area contributed by atoms with Crippen LogP contribution in [0.1, 0.15) is 25.3 Å². The number of ether oxygens (including phenoxy) is 1. The first kappa shape index (κ1) is 17.7. The van der Waals surface area contributed by atoms with Gasteiger partial charge in [0.2, 0.25) is 15.9 Å². The molecule has 0 saturated carbocycles. The van der Waals surface area contributed by atoms with E-state index in [9.17, 15) is 13.2 Å². The van der Waals surface area contributed by atoms with E-state index < -0.39 is 10.0 Å². The Balaban J connectivity index is 2.00. The molecule has 1 fully saturated rings. The summed E-state index contributed by atoms with van der Waals surface area (Å²) in [5.41, 5.74) is 1.69. The molecule has 128 valence electrons. The number of sulfonamides is 1. The van der Waals surface area contributed by atoms with E-state index in [-0.39, 0.29) is 17.6 Å². The quantitative estimate of drug-likeness (QED) is 0.889. The Morgan fingerprint density at radius 1 is 1.35 bits per heavy atom. The van der Waals surface area contributed by atoms with E-state index in [2.05, 4.69) is 5.32 Å². The minimum absolute atomic E-state index is 0.0811. The average Bonchev–Trinajstić information content (AvgIpc) is 2.55. The Morgan fingerprint density at radius 3 is 2.57 bits per heavy atom. The average molecular weight is 340 g/mol. The summed E-state index contributed by atoms with van der Waals surface area (Å²) in [6.07, 6.45) is 1.08. The van der Waals surface area contributed by atoms with Crippen LogP contribution in [0.25, 0.3) is 0 Å². The normalized spacial score (nSPS) is 17.0. The van der Waals surface area contributed by atoms with Crippen molar-refractivity contribution in [1.82, 2.24) is 4.31 Å².